The summed E-state index contributed by atoms with van der Waals surface area (Å²) in [5, 5.41) is 3.38. The summed E-state index contributed by atoms with van der Waals surface area (Å²) in [5.74, 6) is 0. The fraction of sp³-hybridized carbons (Fsp3) is 0.500. The summed E-state index contributed by atoms with van der Waals surface area (Å²) in [6.45, 7) is 7.83. The van der Waals surface area contributed by atoms with Crippen LogP contribution in [0.2, 0.25) is 0 Å². The number of hydrogen-bond donors (Lipinski definition) is 1. The molecule has 1 N–H and O–H groups in total. The van der Waals surface area contributed by atoms with Gasteiger partial charge in [-0.3, -0.25) is 4.90 Å². The van der Waals surface area contributed by atoms with Crippen LogP contribution in [0.15, 0.2) is 22.7 Å². The van der Waals surface area contributed by atoms with Gasteiger partial charge in [-0.05, 0) is 30.2 Å². The van der Waals surface area contributed by atoms with Gasteiger partial charge in [0.15, 0.2) is 0 Å². The number of piperazine rings is 1. The normalized spacial score (nSPS) is 18.0. The molecule has 0 amide bonds. The molecule has 0 saturated carbocycles. The van der Waals surface area contributed by atoms with Gasteiger partial charge in [0.25, 0.3) is 0 Å². The lowest BCUT2D eigenvalue weighted by atomic mass is 10.1. The number of halogens is 1. The Balaban J connectivity index is 2.03. The van der Waals surface area contributed by atoms with Crippen LogP contribution in [0.25, 0.3) is 0 Å². The van der Waals surface area contributed by atoms with Crippen molar-refractivity contribution in [2.75, 3.05) is 26.2 Å². The van der Waals surface area contributed by atoms with Crippen molar-refractivity contribution < 1.29 is 0 Å². The molecular weight excluding hydrogens is 252 g/mol. The standard InChI is InChI=1S/C12H17BrN2/c1-10-8-12(13)3-2-11(10)9-15-6-4-14-5-7-15/h2-3,8,14H,4-7,9H2,1H3. The molecule has 0 aromatic heterocycles. The highest BCUT2D eigenvalue weighted by Crippen LogP contribution is 2.17. The number of aryl methyl sites for hydroxylation is 1. The SMILES string of the molecule is Cc1cc(Br)ccc1CN1CCNCC1. The molecule has 2 rings (SSSR count). The molecule has 0 aliphatic carbocycles. The second-order valence-corrected chi connectivity index (χ2v) is 5.01. The molecular formula is C12H17BrN2. The number of nitrogens with zero attached hydrogens (tertiary/aromatic N) is 1. The van der Waals surface area contributed by atoms with E-state index in [1.165, 1.54) is 15.6 Å². The van der Waals surface area contributed by atoms with Crippen molar-refractivity contribution >= 4 is 15.9 Å². The third-order valence-corrected chi connectivity index (χ3v) is 3.40. The van der Waals surface area contributed by atoms with E-state index in [2.05, 4.69) is 51.3 Å². The molecule has 1 fully saturated rings. The molecule has 82 valence electrons. The van der Waals surface area contributed by atoms with Crippen molar-refractivity contribution in [3.05, 3.63) is 33.8 Å². The predicted molar refractivity (Wildman–Crippen MR) is 67.0 cm³/mol. The van der Waals surface area contributed by atoms with Crippen molar-refractivity contribution in [3.8, 4) is 0 Å². The predicted octanol–water partition coefficient (Wildman–Crippen LogP) is 2.16. The van der Waals surface area contributed by atoms with E-state index < -0.39 is 0 Å². The average molecular weight is 269 g/mol. The maximum atomic E-state index is 3.50. The van der Waals surface area contributed by atoms with Gasteiger partial charge in [0, 0.05) is 37.2 Å². The molecule has 1 aromatic carbocycles. The first-order valence-corrected chi connectivity index (χ1v) is 6.23. The summed E-state index contributed by atoms with van der Waals surface area (Å²) in [4.78, 5) is 2.51. The lowest BCUT2D eigenvalue weighted by Gasteiger charge is -2.27. The second-order valence-electron chi connectivity index (χ2n) is 4.10. The molecule has 0 atom stereocenters. The molecule has 2 nitrogen and oxygen atoms in total. The topological polar surface area (TPSA) is 15.3 Å². The Kier molecular flexibility index (Phi) is 3.78. The minimum Gasteiger partial charge on any atom is -0.314 e. The highest BCUT2D eigenvalue weighted by Gasteiger charge is 2.10. The van der Waals surface area contributed by atoms with E-state index in [0.717, 1.165) is 32.7 Å². The monoisotopic (exact) mass is 268 g/mol. The first-order valence-electron chi connectivity index (χ1n) is 5.44. The zero-order valence-corrected chi connectivity index (χ0v) is 10.7. The van der Waals surface area contributed by atoms with Gasteiger partial charge in [0.05, 0.1) is 0 Å². The van der Waals surface area contributed by atoms with Crippen LogP contribution in [0.5, 0.6) is 0 Å². The van der Waals surface area contributed by atoms with Gasteiger partial charge < -0.3 is 5.32 Å². The summed E-state index contributed by atoms with van der Waals surface area (Å²) in [6, 6.07) is 6.55. The first kappa shape index (κ1) is 11.1. The minimum absolute atomic E-state index is 1.08. The van der Waals surface area contributed by atoms with E-state index in [0.29, 0.717) is 0 Å². The van der Waals surface area contributed by atoms with Gasteiger partial charge >= 0.3 is 0 Å². The zero-order valence-electron chi connectivity index (χ0n) is 9.09. The molecule has 1 aromatic rings. The largest absolute Gasteiger partial charge is 0.314 e. The van der Waals surface area contributed by atoms with Gasteiger partial charge in [-0.2, -0.15) is 0 Å². The smallest absolute Gasteiger partial charge is 0.0237 e. The molecule has 1 heterocycles. The first-order chi connectivity index (χ1) is 7.25. The van der Waals surface area contributed by atoms with E-state index in [9.17, 15) is 0 Å². The van der Waals surface area contributed by atoms with Crippen molar-refractivity contribution in [2.45, 2.75) is 13.5 Å². The zero-order chi connectivity index (χ0) is 10.7. The molecule has 0 bridgehead atoms. The molecule has 1 aliphatic heterocycles. The Morgan fingerprint density at radius 1 is 1.33 bits per heavy atom. The number of benzene rings is 1. The number of nitrogens with one attached hydrogen (secondary N) is 1. The molecule has 0 spiro atoms. The Bertz CT molecular complexity index is 332. The van der Waals surface area contributed by atoms with Crippen LogP contribution in [0.3, 0.4) is 0 Å². The van der Waals surface area contributed by atoms with E-state index in [-0.39, 0.29) is 0 Å². The summed E-state index contributed by atoms with van der Waals surface area (Å²) in [6.07, 6.45) is 0. The van der Waals surface area contributed by atoms with Crippen LogP contribution >= 0.6 is 15.9 Å². The summed E-state index contributed by atoms with van der Waals surface area (Å²) in [5.41, 5.74) is 2.82. The lowest BCUT2D eigenvalue weighted by Crippen LogP contribution is -2.42. The van der Waals surface area contributed by atoms with Gasteiger partial charge in [0.1, 0.15) is 0 Å². The van der Waals surface area contributed by atoms with Crippen molar-refractivity contribution in [1.82, 2.24) is 10.2 Å². The van der Waals surface area contributed by atoms with Gasteiger partial charge in [-0.1, -0.05) is 22.0 Å². The molecule has 0 radical (unpaired) electrons. The molecule has 1 saturated heterocycles. The van der Waals surface area contributed by atoms with Gasteiger partial charge in [0.2, 0.25) is 0 Å². The van der Waals surface area contributed by atoms with E-state index in [1.54, 1.807) is 0 Å². The van der Waals surface area contributed by atoms with Crippen molar-refractivity contribution in [3.63, 3.8) is 0 Å². The fourth-order valence-electron chi connectivity index (χ4n) is 1.95. The van der Waals surface area contributed by atoms with Crippen LogP contribution in [-0.4, -0.2) is 31.1 Å². The minimum atomic E-state index is 1.08. The van der Waals surface area contributed by atoms with Crippen LogP contribution < -0.4 is 5.32 Å². The van der Waals surface area contributed by atoms with Crippen LogP contribution in [0.1, 0.15) is 11.1 Å². The Morgan fingerprint density at radius 2 is 2.07 bits per heavy atom. The van der Waals surface area contributed by atoms with Crippen LogP contribution in [0, 0.1) is 6.92 Å². The van der Waals surface area contributed by atoms with E-state index >= 15 is 0 Å². The average Bonchev–Trinajstić information content (AvgIpc) is 2.24. The van der Waals surface area contributed by atoms with Crippen LogP contribution in [0.4, 0.5) is 0 Å². The highest BCUT2D eigenvalue weighted by atomic mass is 79.9. The lowest BCUT2D eigenvalue weighted by molar-refractivity contribution is 0.233. The fourth-order valence-corrected chi connectivity index (χ4v) is 2.42. The third-order valence-electron chi connectivity index (χ3n) is 2.91. The second kappa shape index (κ2) is 5.10. The van der Waals surface area contributed by atoms with Gasteiger partial charge in [-0.15, -0.1) is 0 Å². The third kappa shape index (κ3) is 3.03. The quantitative estimate of drug-likeness (QED) is 0.885. The Hall–Kier alpha value is -0.380. The highest BCUT2D eigenvalue weighted by molar-refractivity contribution is 9.10. The summed E-state index contributed by atoms with van der Waals surface area (Å²) >= 11 is 3.50. The number of rotatable bonds is 2. The van der Waals surface area contributed by atoms with E-state index in [1.807, 2.05) is 0 Å². The maximum Gasteiger partial charge on any atom is 0.0237 e. The summed E-state index contributed by atoms with van der Waals surface area (Å²) < 4.78 is 1.17. The summed E-state index contributed by atoms with van der Waals surface area (Å²) in [7, 11) is 0. The Morgan fingerprint density at radius 3 is 2.73 bits per heavy atom. The van der Waals surface area contributed by atoms with Crippen molar-refractivity contribution in [2.24, 2.45) is 0 Å². The Labute approximate surface area is 99.8 Å². The molecule has 3 heteroatoms. The molecule has 0 unspecified atom stereocenters. The molecule has 15 heavy (non-hydrogen) atoms. The van der Waals surface area contributed by atoms with E-state index in [4.69, 9.17) is 0 Å². The number of hydrogen-bond acceptors (Lipinski definition) is 2. The van der Waals surface area contributed by atoms with Crippen LogP contribution in [-0.2, 0) is 6.54 Å². The van der Waals surface area contributed by atoms with Crippen molar-refractivity contribution in [1.29, 1.82) is 0 Å². The maximum absolute atomic E-state index is 3.50. The van der Waals surface area contributed by atoms with Gasteiger partial charge in [-0.25, -0.2) is 0 Å². The molecule has 1 aliphatic rings.